The smallest absolute Gasteiger partial charge is 0.241 e. The van der Waals surface area contributed by atoms with Crippen molar-refractivity contribution >= 4 is 25.7 Å². The summed E-state index contributed by atoms with van der Waals surface area (Å²) >= 11 is 0. The Morgan fingerprint density at radius 3 is 2.33 bits per heavy atom. The molecule has 0 radical (unpaired) electrons. The molecule has 0 unspecified atom stereocenters. The average Bonchev–Trinajstić information content (AvgIpc) is 3.14. The van der Waals surface area contributed by atoms with Crippen LogP contribution in [0.5, 0.6) is 0 Å². The van der Waals surface area contributed by atoms with E-state index in [9.17, 15) is 16.8 Å². The number of hydrogen-bond donors (Lipinski definition) is 2. The Bertz CT molecular complexity index is 1090. The summed E-state index contributed by atoms with van der Waals surface area (Å²) in [5, 5.41) is 0. The van der Waals surface area contributed by atoms with Crippen LogP contribution in [0.15, 0.2) is 82.3 Å². The Hall–Kier alpha value is -2.62. The van der Waals surface area contributed by atoms with Crippen LogP contribution in [0, 0.1) is 0 Å². The highest BCUT2D eigenvalue weighted by molar-refractivity contribution is 7.92. The number of furan rings is 1. The van der Waals surface area contributed by atoms with Crippen molar-refractivity contribution in [1.82, 2.24) is 4.72 Å². The second-order valence-corrected chi connectivity index (χ2v) is 9.27. The molecule has 0 aliphatic carbocycles. The molecule has 3 aromatic rings. The van der Waals surface area contributed by atoms with Crippen molar-refractivity contribution in [3.8, 4) is 0 Å². The number of benzene rings is 2. The molecule has 0 spiro atoms. The first-order chi connectivity index (χ1) is 12.8. The highest BCUT2D eigenvalue weighted by atomic mass is 32.2. The van der Waals surface area contributed by atoms with Crippen LogP contribution < -0.4 is 9.44 Å². The van der Waals surface area contributed by atoms with Gasteiger partial charge in [-0.2, -0.15) is 0 Å². The highest BCUT2D eigenvalue weighted by Crippen LogP contribution is 2.18. The molecule has 0 amide bonds. The highest BCUT2D eigenvalue weighted by Gasteiger charge is 2.17. The van der Waals surface area contributed by atoms with Gasteiger partial charge in [-0.25, -0.2) is 21.6 Å². The van der Waals surface area contributed by atoms with Crippen LogP contribution in [0.4, 0.5) is 5.69 Å². The molecule has 9 heteroatoms. The van der Waals surface area contributed by atoms with Gasteiger partial charge in [0.15, 0.2) is 0 Å². The largest absolute Gasteiger partial charge is 0.468 e. The molecule has 0 aliphatic rings. The summed E-state index contributed by atoms with van der Waals surface area (Å²) < 4.78 is 59.4. The van der Waals surface area contributed by atoms with E-state index in [1.807, 2.05) is 0 Å². The molecule has 142 valence electrons. The number of nitrogens with one attached hydrogen (secondary N) is 2. The zero-order valence-corrected chi connectivity index (χ0v) is 15.8. The van der Waals surface area contributed by atoms with Crippen LogP contribution in [0.25, 0.3) is 0 Å². The lowest BCUT2D eigenvalue weighted by atomic mass is 10.2. The minimum absolute atomic E-state index is 0.000699. The van der Waals surface area contributed by atoms with Crippen LogP contribution in [-0.4, -0.2) is 16.8 Å². The third kappa shape index (κ3) is 5.43. The monoisotopic (exact) mass is 406 g/mol. The molecule has 7 nitrogen and oxygen atoms in total. The fourth-order valence-corrected chi connectivity index (χ4v) is 4.63. The van der Waals surface area contributed by atoms with E-state index in [4.69, 9.17) is 4.42 Å². The van der Waals surface area contributed by atoms with Crippen molar-refractivity contribution < 1.29 is 21.3 Å². The van der Waals surface area contributed by atoms with Crippen molar-refractivity contribution in [3.63, 3.8) is 0 Å². The van der Waals surface area contributed by atoms with Crippen LogP contribution in [-0.2, 0) is 32.3 Å². The van der Waals surface area contributed by atoms with Crippen LogP contribution in [0.3, 0.4) is 0 Å². The van der Waals surface area contributed by atoms with Gasteiger partial charge in [-0.1, -0.05) is 36.4 Å². The third-order valence-corrected chi connectivity index (χ3v) is 6.29. The Labute approximate surface area is 158 Å². The molecule has 1 aromatic heterocycles. The standard InChI is InChI=1S/C18H18N2O5S2/c21-26(22,14-15-6-2-1-3-7-15)20-16-8-4-10-18(12-16)27(23,24)19-13-17-9-5-11-25-17/h1-12,19-20H,13-14H2. The minimum Gasteiger partial charge on any atom is -0.468 e. The molecular formula is C18H18N2O5S2. The normalized spacial score (nSPS) is 12.0. The summed E-state index contributed by atoms with van der Waals surface area (Å²) in [6, 6.07) is 17.7. The van der Waals surface area contributed by atoms with E-state index in [1.165, 1.54) is 30.5 Å². The number of sulfonamides is 2. The van der Waals surface area contributed by atoms with Gasteiger partial charge in [-0.05, 0) is 35.9 Å². The quantitative estimate of drug-likeness (QED) is 0.598. The van der Waals surface area contributed by atoms with E-state index in [0.29, 0.717) is 11.3 Å². The van der Waals surface area contributed by atoms with Crippen molar-refractivity contribution in [3.05, 3.63) is 84.3 Å². The second-order valence-electron chi connectivity index (χ2n) is 5.78. The fourth-order valence-electron chi connectivity index (χ4n) is 2.40. The van der Waals surface area contributed by atoms with E-state index in [1.54, 1.807) is 42.5 Å². The third-order valence-electron chi connectivity index (χ3n) is 3.63. The molecule has 3 rings (SSSR count). The van der Waals surface area contributed by atoms with Gasteiger partial charge in [0, 0.05) is 5.69 Å². The molecule has 0 saturated heterocycles. The molecule has 2 aromatic carbocycles. The lowest BCUT2D eigenvalue weighted by Crippen LogP contribution is -2.23. The van der Waals surface area contributed by atoms with Gasteiger partial charge in [0.05, 0.1) is 23.5 Å². The van der Waals surface area contributed by atoms with Gasteiger partial charge < -0.3 is 4.42 Å². The lowest BCUT2D eigenvalue weighted by Gasteiger charge is -2.10. The number of anilines is 1. The van der Waals surface area contributed by atoms with Gasteiger partial charge in [0.2, 0.25) is 20.0 Å². The zero-order chi connectivity index (χ0) is 19.3. The molecule has 1 heterocycles. The Morgan fingerprint density at radius 2 is 1.63 bits per heavy atom. The predicted molar refractivity (Wildman–Crippen MR) is 102 cm³/mol. The predicted octanol–water partition coefficient (Wildman–Crippen LogP) is 2.70. The lowest BCUT2D eigenvalue weighted by molar-refractivity contribution is 0.498. The summed E-state index contributed by atoms with van der Waals surface area (Å²) in [5.74, 6) is 0.264. The zero-order valence-electron chi connectivity index (χ0n) is 14.2. The van der Waals surface area contributed by atoms with Crippen LogP contribution in [0.2, 0.25) is 0 Å². The molecule has 0 aliphatic heterocycles. The molecule has 0 saturated carbocycles. The Balaban J connectivity index is 1.73. The van der Waals surface area contributed by atoms with Crippen LogP contribution >= 0.6 is 0 Å². The van der Waals surface area contributed by atoms with Gasteiger partial charge in [0.1, 0.15) is 5.76 Å². The van der Waals surface area contributed by atoms with E-state index in [2.05, 4.69) is 9.44 Å². The van der Waals surface area contributed by atoms with E-state index in [-0.39, 0.29) is 22.9 Å². The van der Waals surface area contributed by atoms with Gasteiger partial charge in [0.25, 0.3) is 0 Å². The molecule has 2 N–H and O–H groups in total. The summed E-state index contributed by atoms with van der Waals surface area (Å²) in [7, 11) is -7.50. The first-order valence-electron chi connectivity index (χ1n) is 8.01. The van der Waals surface area contributed by atoms with Gasteiger partial charge in [-0.3, -0.25) is 4.72 Å². The van der Waals surface area contributed by atoms with Crippen molar-refractivity contribution in [2.45, 2.75) is 17.2 Å². The Kier molecular flexibility index (Phi) is 5.64. The van der Waals surface area contributed by atoms with Crippen molar-refractivity contribution in [1.29, 1.82) is 0 Å². The Morgan fingerprint density at radius 1 is 0.852 bits per heavy atom. The van der Waals surface area contributed by atoms with E-state index >= 15 is 0 Å². The average molecular weight is 406 g/mol. The number of hydrogen-bond acceptors (Lipinski definition) is 5. The van der Waals surface area contributed by atoms with E-state index in [0.717, 1.165) is 0 Å². The molecule has 0 bridgehead atoms. The topological polar surface area (TPSA) is 105 Å². The maximum absolute atomic E-state index is 12.4. The summed E-state index contributed by atoms with van der Waals surface area (Å²) in [5.41, 5.74) is 0.806. The molecule has 0 fully saturated rings. The second kappa shape index (κ2) is 7.95. The molecular weight excluding hydrogens is 388 g/mol. The number of rotatable bonds is 8. The summed E-state index contributed by atoms with van der Waals surface area (Å²) in [6.45, 7) is -0.000699. The van der Waals surface area contributed by atoms with Crippen molar-refractivity contribution in [2.75, 3.05) is 4.72 Å². The summed E-state index contributed by atoms with van der Waals surface area (Å²) in [4.78, 5) is -0.0473. The maximum Gasteiger partial charge on any atom is 0.241 e. The van der Waals surface area contributed by atoms with Gasteiger partial charge in [-0.15, -0.1) is 0 Å². The van der Waals surface area contributed by atoms with Crippen molar-refractivity contribution in [2.24, 2.45) is 0 Å². The summed E-state index contributed by atoms with van der Waals surface area (Å²) in [6.07, 6.45) is 1.45. The fraction of sp³-hybridized carbons (Fsp3) is 0.111. The van der Waals surface area contributed by atoms with Gasteiger partial charge >= 0.3 is 0 Å². The first-order valence-corrected chi connectivity index (χ1v) is 11.1. The molecule has 0 atom stereocenters. The first kappa shape index (κ1) is 19.2. The SMILES string of the molecule is O=S(=O)(Cc1ccccc1)Nc1cccc(S(=O)(=O)NCc2ccco2)c1. The molecule has 27 heavy (non-hydrogen) atoms. The van der Waals surface area contributed by atoms with Crippen LogP contribution in [0.1, 0.15) is 11.3 Å². The minimum atomic E-state index is -3.82. The van der Waals surface area contributed by atoms with E-state index < -0.39 is 20.0 Å². The maximum atomic E-state index is 12.4.